The molecule has 0 radical (unpaired) electrons. The van der Waals surface area contributed by atoms with Crippen LogP contribution in [0.25, 0.3) is 10.9 Å². The number of rotatable bonds is 2. The Bertz CT molecular complexity index is 655. The number of fused-ring (bicyclic) bond motifs is 2. The molecule has 0 fully saturated rings. The molecule has 3 rings (SSSR count). The van der Waals surface area contributed by atoms with Gasteiger partial charge in [-0.3, -0.25) is 4.98 Å². The van der Waals surface area contributed by atoms with Crippen molar-refractivity contribution in [1.82, 2.24) is 4.98 Å². The predicted molar refractivity (Wildman–Crippen MR) is 84.8 cm³/mol. The second kappa shape index (κ2) is 5.68. The van der Waals surface area contributed by atoms with Crippen LogP contribution in [0.5, 0.6) is 0 Å². The second-order valence-corrected chi connectivity index (χ2v) is 6.11. The van der Waals surface area contributed by atoms with Gasteiger partial charge in [-0.15, -0.1) is 0 Å². The molecule has 1 aromatic carbocycles. The Morgan fingerprint density at radius 1 is 1.25 bits per heavy atom. The fraction of sp³-hybridized carbons (Fsp3) is 0.438. The first kappa shape index (κ1) is 13.8. The lowest BCUT2D eigenvalue weighted by molar-refractivity contribution is 0.639. The van der Waals surface area contributed by atoms with Crippen LogP contribution in [0, 0.1) is 5.82 Å². The highest BCUT2D eigenvalue weighted by Gasteiger charge is 2.20. The average molecular weight is 337 g/mol. The molecule has 20 heavy (non-hydrogen) atoms. The number of hydrogen-bond acceptors (Lipinski definition) is 2. The highest BCUT2D eigenvalue weighted by atomic mass is 79.9. The van der Waals surface area contributed by atoms with Crippen LogP contribution in [0.3, 0.4) is 0 Å². The molecular weight excluding hydrogens is 319 g/mol. The number of anilines is 1. The van der Waals surface area contributed by atoms with Crippen molar-refractivity contribution < 1.29 is 4.39 Å². The van der Waals surface area contributed by atoms with Crippen molar-refractivity contribution in [3.63, 3.8) is 0 Å². The first-order valence-electron chi connectivity index (χ1n) is 7.25. The maximum atomic E-state index is 14.3. The van der Waals surface area contributed by atoms with Crippen LogP contribution in [0.2, 0.25) is 0 Å². The number of benzene rings is 1. The Kier molecular flexibility index (Phi) is 3.92. The van der Waals surface area contributed by atoms with Gasteiger partial charge in [0.05, 0.1) is 16.6 Å². The summed E-state index contributed by atoms with van der Waals surface area (Å²) in [4.78, 5) is 4.75. The lowest BCUT2D eigenvalue weighted by atomic mass is 10.0. The van der Waals surface area contributed by atoms with E-state index in [9.17, 15) is 4.39 Å². The van der Waals surface area contributed by atoms with E-state index in [0.29, 0.717) is 5.39 Å². The fourth-order valence-electron chi connectivity index (χ4n) is 3.00. The van der Waals surface area contributed by atoms with E-state index in [0.717, 1.165) is 47.2 Å². The smallest absolute Gasteiger partial charge is 0.134 e. The zero-order valence-electron chi connectivity index (χ0n) is 11.6. The summed E-state index contributed by atoms with van der Waals surface area (Å²) in [5, 5.41) is 4.00. The number of nitrogens with zero attached hydrogens (tertiary/aromatic N) is 1. The third-order valence-corrected chi connectivity index (χ3v) is 4.56. The SMILES string of the molecule is CCNc1c2c(nc3c(Br)ccc(F)c13)CCCCC2. The van der Waals surface area contributed by atoms with Gasteiger partial charge in [-0.25, -0.2) is 4.39 Å². The Labute approximate surface area is 126 Å². The van der Waals surface area contributed by atoms with E-state index < -0.39 is 0 Å². The first-order valence-corrected chi connectivity index (χ1v) is 8.05. The molecule has 0 bridgehead atoms. The van der Waals surface area contributed by atoms with Gasteiger partial charge in [0.15, 0.2) is 0 Å². The molecule has 0 amide bonds. The molecule has 0 spiro atoms. The summed E-state index contributed by atoms with van der Waals surface area (Å²) in [6.07, 6.45) is 5.54. The van der Waals surface area contributed by atoms with Crippen LogP contribution in [-0.2, 0) is 12.8 Å². The molecule has 1 heterocycles. The normalized spacial score (nSPS) is 14.9. The Balaban J connectivity index is 2.36. The Morgan fingerprint density at radius 3 is 2.85 bits per heavy atom. The van der Waals surface area contributed by atoms with E-state index >= 15 is 0 Å². The molecule has 0 aliphatic heterocycles. The summed E-state index contributed by atoms with van der Waals surface area (Å²) < 4.78 is 15.2. The van der Waals surface area contributed by atoms with Gasteiger partial charge in [-0.2, -0.15) is 0 Å². The lowest BCUT2D eigenvalue weighted by Crippen LogP contribution is -2.07. The molecule has 0 saturated heterocycles. The minimum Gasteiger partial charge on any atom is -0.384 e. The molecule has 1 aliphatic rings. The molecule has 2 nitrogen and oxygen atoms in total. The maximum absolute atomic E-state index is 14.3. The highest BCUT2D eigenvalue weighted by Crippen LogP contribution is 2.36. The van der Waals surface area contributed by atoms with Crippen molar-refractivity contribution >= 4 is 32.5 Å². The predicted octanol–water partition coefficient (Wildman–Crippen LogP) is 4.84. The number of pyridine rings is 1. The number of nitrogens with one attached hydrogen (secondary N) is 1. The third-order valence-electron chi connectivity index (χ3n) is 3.92. The summed E-state index contributed by atoms with van der Waals surface area (Å²) in [6.45, 7) is 2.84. The molecule has 2 aromatic rings. The van der Waals surface area contributed by atoms with Crippen molar-refractivity contribution in [3.8, 4) is 0 Å². The summed E-state index contributed by atoms with van der Waals surface area (Å²) in [7, 11) is 0. The summed E-state index contributed by atoms with van der Waals surface area (Å²) in [5.41, 5.74) is 4.04. The van der Waals surface area contributed by atoms with Crippen LogP contribution in [0.4, 0.5) is 10.1 Å². The van der Waals surface area contributed by atoms with E-state index in [4.69, 9.17) is 4.98 Å². The minimum atomic E-state index is -0.196. The number of aryl methyl sites for hydroxylation is 1. The van der Waals surface area contributed by atoms with E-state index in [1.807, 2.05) is 6.92 Å². The van der Waals surface area contributed by atoms with E-state index in [-0.39, 0.29) is 5.82 Å². The highest BCUT2D eigenvalue weighted by molar-refractivity contribution is 9.10. The fourth-order valence-corrected chi connectivity index (χ4v) is 3.42. The van der Waals surface area contributed by atoms with E-state index in [1.54, 1.807) is 6.07 Å². The van der Waals surface area contributed by atoms with Crippen LogP contribution < -0.4 is 5.32 Å². The zero-order valence-corrected chi connectivity index (χ0v) is 13.2. The third kappa shape index (κ3) is 2.30. The monoisotopic (exact) mass is 336 g/mol. The summed E-state index contributed by atoms with van der Waals surface area (Å²) >= 11 is 3.51. The van der Waals surface area contributed by atoms with Gasteiger partial charge in [0.25, 0.3) is 0 Å². The molecule has 4 heteroatoms. The second-order valence-electron chi connectivity index (χ2n) is 5.26. The lowest BCUT2D eigenvalue weighted by Gasteiger charge is -2.17. The molecular formula is C16H18BrFN2. The van der Waals surface area contributed by atoms with Gasteiger partial charge >= 0.3 is 0 Å². The van der Waals surface area contributed by atoms with Gasteiger partial charge in [-0.1, -0.05) is 6.42 Å². The van der Waals surface area contributed by atoms with Crippen LogP contribution in [-0.4, -0.2) is 11.5 Å². The minimum absolute atomic E-state index is 0.196. The van der Waals surface area contributed by atoms with Crippen molar-refractivity contribution in [2.45, 2.75) is 39.0 Å². The number of hydrogen-bond donors (Lipinski definition) is 1. The van der Waals surface area contributed by atoms with E-state index in [2.05, 4.69) is 21.2 Å². The summed E-state index contributed by atoms with van der Waals surface area (Å²) in [6, 6.07) is 3.25. The summed E-state index contributed by atoms with van der Waals surface area (Å²) in [5.74, 6) is -0.196. The Hall–Kier alpha value is -1.16. The largest absolute Gasteiger partial charge is 0.384 e. The molecule has 106 valence electrons. The standard InChI is InChI=1S/C16H18BrFN2/c1-2-19-15-10-6-4-3-5-7-13(10)20-16-11(17)8-9-12(18)14(15)16/h8-9H,2-7H2,1H3,(H,19,20). The molecule has 1 aliphatic carbocycles. The molecule has 1 aromatic heterocycles. The maximum Gasteiger partial charge on any atom is 0.134 e. The molecule has 0 unspecified atom stereocenters. The van der Waals surface area contributed by atoms with Crippen molar-refractivity contribution in [2.24, 2.45) is 0 Å². The Morgan fingerprint density at radius 2 is 2.05 bits per heavy atom. The van der Waals surface area contributed by atoms with Gasteiger partial charge < -0.3 is 5.32 Å². The molecule has 0 saturated carbocycles. The van der Waals surface area contributed by atoms with E-state index in [1.165, 1.54) is 24.5 Å². The topological polar surface area (TPSA) is 24.9 Å². The number of halogens is 2. The average Bonchev–Trinajstić information content (AvgIpc) is 2.68. The van der Waals surface area contributed by atoms with Crippen molar-refractivity contribution in [2.75, 3.05) is 11.9 Å². The van der Waals surface area contributed by atoms with Gasteiger partial charge in [0.2, 0.25) is 0 Å². The van der Waals surface area contributed by atoms with Crippen LogP contribution in [0.15, 0.2) is 16.6 Å². The quantitative estimate of drug-likeness (QED) is 0.794. The van der Waals surface area contributed by atoms with Crippen LogP contribution >= 0.6 is 15.9 Å². The zero-order chi connectivity index (χ0) is 14.1. The molecule has 0 atom stereocenters. The van der Waals surface area contributed by atoms with Gasteiger partial charge in [-0.05, 0) is 66.2 Å². The van der Waals surface area contributed by atoms with Crippen molar-refractivity contribution in [1.29, 1.82) is 0 Å². The first-order chi connectivity index (χ1) is 9.72. The van der Waals surface area contributed by atoms with Crippen molar-refractivity contribution in [3.05, 3.63) is 33.7 Å². The van der Waals surface area contributed by atoms with Crippen LogP contribution in [0.1, 0.15) is 37.4 Å². The number of aromatic nitrogens is 1. The van der Waals surface area contributed by atoms with Gasteiger partial charge in [0.1, 0.15) is 5.82 Å². The van der Waals surface area contributed by atoms with Gasteiger partial charge in [0, 0.05) is 16.7 Å². The molecule has 1 N–H and O–H groups in total.